The summed E-state index contributed by atoms with van der Waals surface area (Å²) in [5.74, 6) is 0. The lowest BCUT2D eigenvalue weighted by Crippen LogP contribution is -2.24. The van der Waals surface area contributed by atoms with E-state index in [-0.39, 0.29) is 21.4 Å². The van der Waals surface area contributed by atoms with Crippen molar-refractivity contribution in [2.45, 2.75) is 44.2 Å². The van der Waals surface area contributed by atoms with Crippen molar-refractivity contribution in [3.8, 4) is 0 Å². The van der Waals surface area contributed by atoms with Crippen LogP contribution in [0.4, 0.5) is 0 Å². The van der Waals surface area contributed by atoms with Crippen molar-refractivity contribution in [2.75, 3.05) is 6.61 Å². The Morgan fingerprint density at radius 1 is 1.30 bits per heavy atom. The maximum Gasteiger partial charge on any atom is 0.261 e. The van der Waals surface area contributed by atoms with Crippen LogP contribution >= 0.6 is 0 Å². The highest BCUT2D eigenvalue weighted by molar-refractivity contribution is 7.89. The summed E-state index contributed by atoms with van der Waals surface area (Å²) in [5.41, 5.74) is -0.0855. The predicted molar refractivity (Wildman–Crippen MR) is 87.7 cm³/mol. The van der Waals surface area contributed by atoms with Crippen LogP contribution in [0.15, 0.2) is 34.2 Å². The molecule has 2 rings (SSSR count). The summed E-state index contributed by atoms with van der Waals surface area (Å²) in [6.45, 7) is 6.85. The van der Waals surface area contributed by atoms with Gasteiger partial charge in [-0.3, -0.25) is 9.36 Å². The van der Waals surface area contributed by atoms with Crippen LogP contribution in [0.2, 0.25) is 0 Å². The molecule has 0 aliphatic carbocycles. The largest absolute Gasteiger partial charge is 0.376 e. The lowest BCUT2D eigenvalue weighted by molar-refractivity contribution is -0.00535. The first-order valence-corrected chi connectivity index (χ1v) is 8.78. The summed E-state index contributed by atoms with van der Waals surface area (Å²) >= 11 is 0. The molecule has 0 aliphatic rings. The Balaban J connectivity index is 2.25. The van der Waals surface area contributed by atoms with Gasteiger partial charge in [0, 0.05) is 13.2 Å². The van der Waals surface area contributed by atoms with E-state index in [0.717, 1.165) is 0 Å². The molecular weight excluding hydrogens is 318 g/mol. The van der Waals surface area contributed by atoms with Crippen molar-refractivity contribution in [2.24, 2.45) is 5.14 Å². The van der Waals surface area contributed by atoms with Crippen molar-refractivity contribution >= 4 is 20.9 Å². The summed E-state index contributed by atoms with van der Waals surface area (Å²) in [6.07, 6.45) is 2.11. The third kappa shape index (κ3) is 4.60. The van der Waals surface area contributed by atoms with Crippen molar-refractivity contribution < 1.29 is 13.2 Å². The smallest absolute Gasteiger partial charge is 0.261 e. The van der Waals surface area contributed by atoms with Crippen LogP contribution in [-0.4, -0.2) is 30.2 Å². The summed E-state index contributed by atoms with van der Waals surface area (Å²) < 4.78 is 29.9. The van der Waals surface area contributed by atoms with Gasteiger partial charge in [0.25, 0.3) is 5.56 Å². The molecule has 0 radical (unpaired) electrons. The van der Waals surface area contributed by atoms with Crippen molar-refractivity contribution in [3.05, 3.63) is 34.9 Å². The summed E-state index contributed by atoms with van der Waals surface area (Å²) in [6, 6.07) is 4.08. The van der Waals surface area contributed by atoms with Gasteiger partial charge >= 0.3 is 0 Å². The molecule has 1 heterocycles. The third-order valence-electron chi connectivity index (χ3n) is 3.20. The number of fused-ring (bicyclic) bond motifs is 1. The number of benzene rings is 1. The maximum absolute atomic E-state index is 12.4. The zero-order valence-electron chi connectivity index (χ0n) is 13.4. The molecule has 1 aromatic carbocycles. The molecule has 0 unspecified atom stereocenters. The van der Waals surface area contributed by atoms with Crippen LogP contribution in [-0.2, 0) is 21.3 Å². The molecule has 0 aliphatic heterocycles. The van der Waals surface area contributed by atoms with E-state index >= 15 is 0 Å². The van der Waals surface area contributed by atoms with Crippen LogP contribution < -0.4 is 10.7 Å². The maximum atomic E-state index is 12.4. The molecule has 7 nitrogen and oxygen atoms in total. The summed E-state index contributed by atoms with van der Waals surface area (Å²) in [5, 5.41) is 5.33. The zero-order chi connectivity index (χ0) is 17.3. The second-order valence-corrected chi connectivity index (χ2v) is 7.84. The lowest BCUT2D eigenvalue weighted by atomic mass is 10.2. The molecular formula is C15H21N3O4S. The van der Waals surface area contributed by atoms with Gasteiger partial charge in [-0.2, -0.15) is 0 Å². The number of aryl methyl sites for hydroxylation is 1. The number of primary sulfonamides is 1. The normalized spacial score (nSPS) is 12.7. The van der Waals surface area contributed by atoms with E-state index in [2.05, 4.69) is 4.98 Å². The standard InChI is InChI=1S/C15H21N3O4S/c1-15(2,3)22-8-4-7-18-10-17-13-6-5-11(23(16,20)21)9-12(13)14(18)19/h5-6,9-10H,4,7-8H2,1-3H3,(H2,16,20,21). The SMILES string of the molecule is CC(C)(C)OCCCn1cnc2ccc(S(N)(=O)=O)cc2c1=O. The van der Waals surface area contributed by atoms with Gasteiger partial charge in [-0.1, -0.05) is 0 Å². The Morgan fingerprint density at radius 3 is 2.61 bits per heavy atom. The molecule has 23 heavy (non-hydrogen) atoms. The molecule has 1 aromatic heterocycles. The first-order chi connectivity index (χ1) is 10.6. The Hall–Kier alpha value is -1.77. The van der Waals surface area contributed by atoms with E-state index in [1.54, 1.807) is 0 Å². The van der Waals surface area contributed by atoms with Crippen LogP contribution in [0, 0.1) is 0 Å². The number of hydrogen-bond acceptors (Lipinski definition) is 5. The highest BCUT2D eigenvalue weighted by atomic mass is 32.2. The molecule has 2 N–H and O–H groups in total. The minimum atomic E-state index is -3.86. The summed E-state index contributed by atoms with van der Waals surface area (Å²) in [4.78, 5) is 16.5. The highest BCUT2D eigenvalue weighted by Gasteiger charge is 2.12. The van der Waals surface area contributed by atoms with Gasteiger partial charge in [0.05, 0.1) is 27.7 Å². The second kappa shape index (κ2) is 6.38. The van der Waals surface area contributed by atoms with Gasteiger partial charge in [0.15, 0.2) is 0 Å². The van der Waals surface area contributed by atoms with Gasteiger partial charge < -0.3 is 4.74 Å². The molecule has 0 amide bonds. The first-order valence-electron chi connectivity index (χ1n) is 7.24. The molecule has 0 bridgehead atoms. The predicted octanol–water partition coefficient (Wildman–Crippen LogP) is 1.25. The van der Waals surface area contributed by atoms with Gasteiger partial charge in [0.1, 0.15) is 0 Å². The number of hydrogen-bond donors (Lipinski definition) is 1. The van der Waals surface area contributed by atoms with Crippen molar-refractivity contribution in [1.82, 2.24) is 9.55 Å². The Kier molecular flexibility index (Phi) is 4.88. The molecule has 8 heteroatoms. The number of ether oxygens (including phenoxy) is 1. The fourth-order valence-corrected chi connectivity index (χ4v) is 2.63. The Bertz CT molecular complexity index is 866. The number of nitrogens with zero attached hydrogens (tertiary/aromatic N) is 2. The molecule has 0 atom stereocenters. The topological polar surface area (TPSA) is 104 Å². The highest BCUT2D eigenvalue weighted by Crippen LogP contribution is 2.13. The van der Waals surface area contributed by atoms with Gasteiger partial charge in [0.2, 0.25) is 10.0 Å². The fourth-order valence-electron chi connectivity index (χ4n) is 2.09. The zero-order valence-corrected chi connectivity index (χ0v) is 14.3. The molecule has 126 valence electrons. The van der Waals surface area contributed by atoms with Gasteiger partial charge in [-0.15, -0.1) is 0 Å². The van der Waals surface area contributed by atoms with E-state index in [4.69, 9.17) is 9.88 Å². The summed E-state index contributed by atoms with van der Waals surface area (Å²) in [7, 11) is -3.86. The van der Waals surface area contributed by atoms with E-state index in [0.29, 0.717) is 25.1 Å². The average molecular weight is 339 g/mol. The monoisotopic (exact) mass is 339 g/mol. The quantitative estimate of drug-likeness (QED) is 0.826. The second-order valence-electron chi connectivity index (χ2n) is 6.28. The Labute approximate surface area is 135 Å². The third-order valence-corrected chi connectivity index (χ3v) is 4.11. The van der Waals surface area contributed by atoms with Crippen LogP contribution in [0.5, 0.6) is 0 Å². The van der Waals surface area contributed by atoms with Crippen molar-refractivity contribution in [3.63, 3.8) is 0 Å². The average Bonchev–Trinajstić information content (AvgIpc) is 2.43. The Morgan fingerprint density at radius 2 is 2.00 bits per heavy atom. The van der Waals surface area contributed by atoms with Crippen LogP contribution in [0.25, 0.3) is 10.9 Å². The van der Waals surface area contributed by atoms with Crippen LogP contribution in [0.1, 0.15) is 27.2 Å². The lowest BCUT2D eigenvalue weighted by Gasteiger charge is -2.19. The fraction of sp³-hybridized carbons (Fsp3) is 0.467. The molecule has 0 spiro atoms. The first kappa shape index (κ1) is 17.6. The van der Waals surface area contributed by atoms with Gasteiger partial charge in [-0.05, 0) is 45.4 Å². The van der Waals surface area contributed by atoms with Crippen molar-refractivity contribution in [1.29, 1.82) is 0 Å². The number of sulfonamides is 1. The molecule has 0 saturated heterocycles. The van der Waals surface area contributed by atoms with E-state index < -0.39 is 10.0 Å². The number of rotatable bonds is 5. The van der Waals surface area contributed by atoms with Crippen LogP contribution in [0.3, 0.4) is 0 Å². The minimum Gasteiger partial charge on any atom is -0.376 e. The van der Waals surface area contributed by atoms with Gasteiger partial charge in [-0.25, -0.2) is 18.5 Å². The van der Waals surface area contributed by atoms with E-state index in [9.17, 15) is 13.2 Å². The molecule has 2 aromatic rings. The number of nitrogens with two attached hydrogens (primary N) is 1. The van der Waals surface area contributed by atoms with E-state index in [1.807, 2.05) is 20.8 Å². The van der Waals surface area contributed by atoms with E-state index in [1.165, 1.54) is 29.1 Å². The number of aromatic nitrogens is 2. The molecule has 0 fully saturated rings. The molecule has 0 saturated carbocycles. The minimum absolute atomic E-state index is 0.0993.